The molecule has 1 unspecified atom stereocenters. The Morgan fingerprint density at radius 1 is 1.35 bits per heavy atom. The molecular formula is C16H8BrClF3NO4. The summed E-state index contributed by atoms with van der Waals surface area (Å²) >= 11 is 9.28. The van der Waals surface area contributed by atoms with Crippen LogP contribution in [0.3, 0.4) is 0 Å². The van der Waals surface area contributed by atoms with Gasteiger partial charge in [-0.3, -0.25) is 0 Å². The average Bonchev–Trinajstić information content (AvgIpc) is 2.55. The van der Waals surface area contributed by atoms with Crippen LogP contribution in [0.1, 0.15) is 5.56 Å². The lowest BCUT2D eigenvalue weighted by Crippen LogP contribution is -2.40. The number of aromatic nitrogens is 1. The molecule has 0 radical (unpaired) electrons. The van der Waals surface area contributed by atoms with Crippen LogP contribution in [-0.2, 0) is 4.79 Å². The predicted octanol–water partition coefficient (Wildman–Crippen LogP) is 5.08. The molecule has 2 aromatic rings. The first-order valence-corrected chi connectivity index (χ1v) is 8.14. The second kappa shape index (κ2) is 6.81. The fraction of sp³-hybridized carbons (Fsp3) is 0.125. The molecule has 0 spiro atoms. The smallest absolute Gasteiger partial charge is 0.430 e. The van der Waals surface area contributed by atoms with Gasteiger partial charge in [0, 0.05) is 17.8 Å². The third-order valence-corrected chi connectivity index (χ3v) is 4.28. The number of benzene rings is 1. The van der Waals surface area contributed by atoms with Gasteiger partial charge >= 0.3 is 12.1 Å². The fourth-order valence-corrected chi connectivity index (χ4v) is 2.80. The highest BCUT2D eigenvalue weighted by Crippen LogP contribution is 2.43. The maximum Gasteiger partial charge on any atom is 0.430 e. The summed E-state index contributed by atoms with van der Waals surface area (Å²) in [5.41, 5.74) is -0.824. The van der Waals surface area contributed by atoms with E-state index in [1.165, 1.54) is 18.3 Å². The maximum atomic E-state index is 13.1. The zero-order valence-electron chi connectivity index (χ0n) is 12.6. The molecule has 1 atom stereocenters. The molecule has 0 saturated heterocycles. The summed E-state index contributed by atoms with van der Waals surface area (Å²) in [6.45, 7) is 0. The molecule has 136 valence electrons. The zero-order chi connectivity index (χ0) is 19.1. The lowest BCUT2D eigenvalue weighted by molar-refractivity contribution is -0.187. The van der Waals surface area contributed by atoms with E-state index >= 15 is 0 Å². The van der Waals surface area contributed by atoms with E-state index in [4.69, 9.17) is 26.2 Å². The van der Waals surface area contributed by atoms with Crippen LogP contribution in [0, 0.1) is 0 Å². The third-order valence-electron chi connectivity index (χ3n) is 3.39. The molecular weight excluding hydrogens is 443 g/mol. The Labute approximate surface area is 158 Å². The van der Waals surface area contributed by atoms with Gasteiger partial charge in [-0.25, -0.2) is 9.78 Å². The molecule has 0 aliphatic carbocycles. The largest absolute Gasteiger partial charge is 0.478 e. The number of rotatable bonds is 3. The predicted molar refractivity (Wildman–Crippen MR) is 89.5 cm³/mol. The number of carbonyl (C=O) groups is 1. The third kappa shape index (κ3) is 3.63. The molecule has 1 aromatic carbocycles. The molecule has 5 nitrogen and oxygen atoms in total. The van der Waals surface area contributed by atoms with Gasteiger partial charge in [-0.15, -0.1) is 0 Å². The van der Waals surface area contributed by atoms with E-state index in [-0.39, 0.29) is 22.1 Å². The van der Waals surface area contributed by atoms with Gasteiger partial charge in [0.1, 0.15) is 16.1 Å². The second-order valence-electron chi connectivity index (χ2n) is 5.16. The molecule has 0 bridgehead atoms. The highest BCUT2D eigenvalue weighted by atomic mass is 79.9. The van der Waals surface area contributed by atoms with Crippen molar-refractivity contribution in [1.82, 2.24) is 4.98 Å². The summed E-state index contributed by atoms with van der Waals surface area (Å²) in [5.74, 6) is -1.60. The van der Waals surface area contributed by atoms with Crippen molar-refractivity contribution in [2.75, 3.05) is 0 Å². The Morgan fingerprint density at radius 2 is 2.08 bits per heavy atom. The van der Waals surface area contributed by atoms with Crippen LogP contribution in [0.25, 0.3) is 6.08 Å². The monoisotopic (exact) mass is 449 g/mol. The van der Waals surface area contributed by atoms with Crippen LogP contribution in [0.5, 0.6) is 17.2 Å². The average molecular weight is 451 g/mol. The summed E-state index contributed by atoms with van der Waals surface area (Å²) in [7, 11) is 0. The van der Waals surface area contributed by atoms with Crippen LogP contribution >= 0.6 is 27.5 Å². The van der Waals surface area contributed by atoms with Gasteiger partial charge in [0.05, 0.1) is 10.6 Å². The van der Waals surface area contributed by atoms with Gasteiger partial charge in [0.15, 0.2) is 5.75 Å². The van der Waals surface area contributed by atoms with Gasteiger partial charge < -0.3 is 14.6 Å². The van der Waals surface area contributed by atoms with Gasteiger partial charge in [0.2, 0.25) is 6.10 Å². The summed E-state index contributed by atoms with van der Waals surface area (Å²) in [6.07, 6.45) is -5.09. The summed E-state index contributed by atoms with van der Waals surface area (Å²) < 4.78 is 50.2. The topological polar surface area (TPSA) is 68.7 Å². The molecule has 1 aliphatic rings. The van der Waals surface area contributed by atoms with E-state index < -0.39 is 23.8 Å². The van der Waals surface area contributed by atoms with Crippen LogP contribution < -0.4 is 9.47 Å². The van der Waals surface area contributed by atoms with Crippen molar-refractivity contribution in [3.05, 3.63) is 51.2 Å². The quantitative estimate of drug-likeness (QED) is 0.661. The van der Waals surface area contributed by atoms with Gasteiger partial charge in [0.25, 0.3) is 0 Å². The van der Waals surface area contributed by atoms with E-state index in [1.807, 2.05) is 0 Å². The van der Waals surface area contributed by atoms with E-state index in [2.05, 4.69) is 20.9 Å². The molecule has 1 aliphatic heterocycles. The van der Waals surface area contributed by atoms with Crippen LogP contribution in [0.4, 0.5) is 13.2 Å². The number of carboxylic acids is 1. The van der Waals surface area contributed by atoms with Crippen molar-refractivity contribution in [3.63, 3.8) is 0 Å². The molecule has 26 heavy (non-hydrogen) atoms. The van der Waals surface area contributed by atoms with Gasteiger partial charge in [-0.1, -0.05) is 11.6 Å². The number of hydrogen-bond acceptors (Lipinski definition) is 4. The van der Waals surface area contributed by atoms with Crippen LogP contribution in [0.2, 0.25) is 5.02 Å². The zero-order valence-corrected chi connectivity index (χ0v) is 14.9. The van der Waals surface area contributed by atoms with Crippen molar-refractivity contribution < 1.29 is 32.5 Å². The lowest BCUT2D eigenvalue weighted by atomic mass is 10.0. The number of aliphatic carboxylic acids is 1. The maximum absolute atomic E-state index is 13.1. The molecule has 2 heterocycles. The fourth-order valence-electron chi connectivity index (χ4n) is 2.26. The van der Waals surface area contributed by atoms with E-state index in [9.17, 15) is 18.0 Å². The van der Waals surface area contributed by atoms with Crippen molar-refractivity contribution >= 4 is 39.6 Å². The molecule has 1 aromatic heterocycles. The lowest BCUT2D eigenvalue weighted by Gasteiger charge is -2.27. The van der Waals surface area contributed by atoms with Gasteiger partial charge in [-0.05, 0) is 40.2 Å². The molecule has 0 amide bonds. The summed E-state index contributed by atoms with van der Waals surface area (Å²) in [5, 5.41) is 9.09. The standard InChI is InChI=1S/C16H8BrClF3NO4/c17-14-10(2-1-3-22-14)25-12-6-11-7(5-9(12)18)4-8(15(23)24)13(26-11)16(19,20)21/h1-6,13H,(H,23,24). The highest BCUT2D eigenvalue weighted by molar-refractivity contribution is 9.10. The summed E-state index contributed by atoms with van der Waals surface area (Å²) in [4.78, 5) is 15.1. The van der Waals surface area contributed by atoms with Crippen molar-refractivity contribution in [2.45, 2.75) is 12.3 Å². The Balaban J connectivity index is 2.03. The Hall–Kier alpha value is -2.26. The minimum Gasteiger partial charge on any atom is -0.478 e. The minimum atomic E-state index is -4.89. The SMILES string of the molecule is O=C(O)C1=Cc2cc(Cl)c(Oc3cccnc3Br)cc2OC1C(F)(F)F. The number of fused-ring (bicyclic) bond motifs is 1. The number of hydrogen-bond donors (Lipinski definition) is 1. The van der Waals surface area contributed by atoms with Gasteiger partial charge in [-0.2, -0.15) is 13.2 Å². The molecule has 10 heteroatoms. The van der Waals surface area contributed by atoms with Crippen LogP contribution in [0.15, 0.2) is 40.6 Å². The summed E-state index contributed by atoms with van der Waals surface area (Å²) in [6, 6.07) is 5.62. The first-order chi connectivity index (χ1) is 12.2. The van der Waals surface area contributed by atoms with Crippen molar-refractivity contribution in [2.24, 2.45) is 0 Å². The molecule has 1 N–H and O–H groups in total. The number of ether oxygens (including phenoxy) is 2. The Bertz CT molecular complexity index is 917. The first kappa shape index (κ1) is 18.5. The van der Waals surface area contributed by atoms with E-state index in [1.54, 1.807) is 12.1 Å². The highest BCUT2D eigenvalue weighted by Gasteiger charge is 2.48. The van der Waals surface area contributed by atoms with E-state index in [0.29, 0.717) is 10.4 Å². The Kier molecular flexibility index (Phi) is 4.85. The number of pyridine rings is 1. The number of carboxylic acid groups (broad SMARTS) is 1. The normalized spacial score (nSPS) is 16.3. The molecule has 3 rings (SSSR count). The molecule has 0 saturated carbocycles. The molecule has 0 fully saturated rings. The van der Waals surface area contributed by atoms with Crippen molar-refractivity contribution in [1.29, 1.82) is 0 Å². The van der Waals surface area contributed by atoms with Crippen LogP contribution in [-0.4, -0.2) is 28.3 Å². The number of nitrogens with zero attached hydrogens (tertiary/aromatic N) is 1. The number of alkyl halides is 3. The van der Waals surface area contributed by atoms with Crippen molar-refractivity contribution in [3.8, 4) is 17.2 Å². The minimum absolute atomic E-state index is 0.0345. The first-order valence-electron chi connectivity index (χ1n) is 6.97. The van der Waals surface area contributed by atoms with E-state index in [0.717, 1.165) is 6.08 Å². The number of halogens is 5. The Morgan fingerprint density at radius 3 is 2.69 bits per heavy atom. The second-order valence-corrected chi connectivity index (χ2v) is 6.32.